The van der Waals surface area contributed by atoms with Gasteiger partial charge in [-0.25, -0.2) is 9.79 Å². The summed E-state index contributed by atoms with van der Waals surface area (Å²) in [7, 11) is 0. The van der Waals surface area contributed by atoms with Crippen molar-refractivity contribution in [2.45, 2.75) is 33.7 Å². The normalized spacial score (nSPS) is 15.5. The van der Waals surface area contributed by atoms with Gasteiger partial charge in [-0.15, -0.1) is 0 Å². The molecule has 1 aliphatic heterocycles. The van der Waals surface area contributed by atoms with Crippen molar-refractivity contribution in [3.05, 3.63) is 119 Å². The van der Waals surface area contributed by atoms with Crippen LogP contribution in [0.25, 0.3) is 11.8 Å². The third-order valence-corrected chi connectivity index (χ3v) is 7.71. The fourth-order valence-corrected chi connectivity index (χ4v) is 5.97. The molecule has 5 rings (SSSR count). The van der Waals surface area contributed by atoms with Gasteiger partial charge in [0.2, 0.25) is 0 Å². The van der Waals surface area contributed by atoms with Gasteiger partial charge in [0.25, 0.3) is 5.56 Å². The van der Waals surface area contributed by atoms with Crippen LogP contribution >= 0.6 is 22.9 Å². The number of hydrogen-bond acceptors (Lipinski definition) is 5. The Bertz CT molecular complexity index is 1710. The molecule has 0 saturated carbocycles. The van der Waals surface area contributed by atoms with E-state index in [1.54, 1.807) is 18.4 Å². The summed E-state index contributed by atoms with van der Waals surface area (Å²) >= 11 is 7.40. The fraction of sp³-hybridized carbons (Fsp3) is 0.207. The molecule has 0 radical (unpaired) electrons. The monoisotopic (exact) mass is 531 g/mol. The molecule has 0 N–H and O–H groups in total. The van der Waals surface area contributed by atoms with Crippen LogP contribution in [0.15, 0.2) is 81.7 Å². The highest BCUT2D eigenvalue weighted by Gasteiger charge is 2.33. The number of fused-ring (bicyclic) bond motifs is 1. The Morgan fingerprint density at radius 1 is 1.11 bits per heavy atom. The minimum atomic E-state index is -0.611. The first-order valence-electron chi connectivity index (χ1n) is 12.0. The minimum Gasteiger partial charge on any atom is -0.463 e. The Morgan fingerprint density at radius 2 is 1.81 bits per heavy atom. The summed E-state index contributed by atoms with van der Waals surface area (Å²) in [6, 6.07) is 18.7. The number of thiazole rings is 1. The van der Waals surface area contributed by atoms with E-state index in [2.05, 4.69) is 15.6 Å². The maximum atomic E-state index is 13.8. The Kier molecular flexibility index (Phi) is 6.75. The lowest BCUT2D eigenvalue weighted by atomic mass is 9.96. The number of carbonyl (C=O) groups is 1. The number of aromatic nitrogens is 2. The van der Waals surface area contributed by atoms with Crippen molar-refractivity contribution >= 4 is 35.0 Å². The number of nitrogens with zero attached hydrogens (tertiary/aromatic N) is 3. The first-order valence-corrected chi connectivity index (χ1v) is 13.2. The summed E-state index contributed by atoms with van der Waals surface area (Å²) in [4.78, 5) is 32.0. The number of allylic oxidation sites excluding steroid dienone is 1. The van der Waals surface area contributed by atoms with Crippen molar-refractivity contribution in [3.63, 3.8) is 0 Å². The number of benzene rings is 2. The largest absolute Gasteiger partial charge is 0.463 e. The summed E-state index contributed by atoms with van der Waals surface area (Å²) in [5.41, 5.74) is 5.57. The highest BCUT2D eigenvalue weighted by atomic mass is 35.5. The van der Waals surface area contributed by atoms with Gasteiger partial charge in [-0.3, -0.25) is 9.36 Å². The summed E-state index contributed by atoms with van der Waals surface area (Å²) in [5.74, 6) is -0.460. The molecule has 3 heterocycles. The quantitative estimate of drug-likeness (QED) is 0.345. The molecule has 1 aliphatic rings. The van der Waals surface area contributed by atoms with Gasteiger partial charge in [0.05, 0.1) is 28.5 Å². The predicted molar refractivity (Wildman–Crippen MR) is 147 cm³/mol. The molecule has 6 nitrogen and oxygen atoms in total. The van der Waals surface area contributed by atoms with E-state index >= 15 is 0 Å². The summed E-state index contributed by atoms with van der Waals surface area (Å²) in [6.07, 6.45) is 1.91. The van der Waals surface area contributed by atoms with Crippen molar-refractivity contribution in [1.82, 2.24) is 9.13 Å². The number of esters is 1. The van der Waals surface area contributed by atoms with Crippen LogP contribution in [-0.4, -0.2) is 21.7 Å². The number of rotatable bonds is 5. The Labute approximate surface area is 223 Å². The Hall–Kier alpha value is -3.68. The molecule has 0 unspecified atom stereocenters. The van der Waals surface area contributed by atoms with E-state index in [-0.39, 0.29) is 12.2 Å². The van der Waals surface area contributed by atoms with Gasteiger partial charge >= 0.3 is 5.97 Å². The van der Waals surface area contributed by atoms with E-state index < -0.39 is 12.0 Å². The van der Waals surface area contributed by atoms with Crippen LogP contribution in [0, 0.1) is 13.8 Å². The molecule has 1 atom stereocenters. The number of carbonyl (C=O) groups excluding carboxylic acids is 1. The number of hydrogen-bond donors (Lipinski definition) is 0. The predicted octanol–water partition coefficient (Wildman–Crippen LogP) is 4.86. The van der Waals surface area contributed by atoms with Gasteiger partial charge in [-0.2, -0.15) is 0 Å². The second-order valence-corrected chi connectivity index (χ2v) is 10.3. The van der Waals surface area contributed by atoms with E-state index in [0.717, 1.165) is 28.2 Å². The maximum Gasteiger partial charge on any atom is 0.338 e. The topological polar surface area (TPSA) is 65.6 Å². The van der Waals surface area contributed by atoms with Crippen molar-refractivity contribution in [2.75, 3.05) is 6.61 Å². The molecule has 0 saturated heterocycles. The Morgan fingerprint density at radius 3 is 2.49 bits per heavy atom. The molecule has 8 heteroatoms. The second-order valence-electron chi connectivity index (χ2n) is 8.85. The number of halogens is 1. The van der Waals surface area contributed by atoms with E-state index in [9.17, 15) is 9.59 Å². The molecule has 0 bridgehead atoms. The van der Waals surface area contributed by atoms with Crippen LogP contribution in [-0.2, 0) is 9.53 Å². The molecular formula is C29H26ClN3O3S. The van der Waals surface area contributed by atoms with Gasteiger partial charge in [-0.05, 0) is 75.2 Å². The van der Waals surface area contributed by atoms with Crippen LogP contribution in [0.5, 0.6) is 0 Å². The summed E-state index contributed by atoms with van der Waals surface area (Å²) in [5, 5.41) is 0.679. The van der Waals surface area contributed by atoms with Gasteiger partial charge in [0.15, 0.2) is 4.80 Å². The van der Waals surface area contributed by atoms with E-state index in [0.29, 0.717) is 25.6 Å². The zero-order chi connectivity index (χ0) is 26.3. The van der Waals surface area contributed by atoms with Crippen LogP contribution in [0.4, 0.5) is 0 Å². The average molecular weight is 532 g/mol. The number of ether oxygens (including phenoxy) is 1. The van der Waals surface area contributed by atoms with Crippen LogP contribution in [0.3, 0.4) is 0 Å². The molecule has 37 heavy (non-hydrogen) atoms. The maximum absolute atomic E-state index is 13.8. The Balaban J connectivity index is 1.68. The lowest BCUT2D eigenvalue weighted by Crippen LogP contribution is -2.39. The van der Waals surface area contributed by atoms with E-state index in [1.807, 2.05) is 74.5 Å². The molecule has 0 aliphatic carbocycles. The van der Waals surface area contributed by atoms with Crippen molar-refractivity contribution in [2.24, 2.45) is 4.99 Å². The van der Waals surface area contributed by atoms with Crippen LogP contribution in [0.1, 0.15) is 42.4 Å². The first kappa shape index (κ1) is 25.0. The molecule has 2 aromatic carbocycles. The zero-order valence-corrected chi connectivity index (χ0v) is 22.6. The molecule has 0 amide bonds. The molecule has 0 fully saturated rings. The van der Waals surface area contributed by atoms with E-state index in [1.165, 1.54) is 11.3 Å². The van der Waals surface area contributed by atoms with Gasteiger partial charge in [-0.1, -0.05) is 53.3 Å². The minimum absolute atomic E-state index is 0.191. The van der Waals surface area contributed by atoms with Gasteiger partial charge in [0.1, 0.15) is 0 Å². The third-order valence-electron chi connectivity index (χ3n) is 6.47. The smallest absolute Gasteiger partial charge is 0.338 e. The van der Waals surface area contributed by atoms with E-state index in [4.69, 9.17) is 16.3 Å². The lowest BCUT2D eigenvalue weighted by Gasteiger charge is -2.24. The zero-order valence-electron chi connectivity index (χ0n) is 21.0. The SMILES string of the molecule is CCOC(=O)C1=C(C)N=c2s/c(=C/c3cc(C)n(-c4ccc(Cl)cc4)c3C)c(=O)n2[C@@H]1c1ccccc1. The van der Waals surface area contributed by atoms with Crippen LogP contribution < -0.4 is 14.9 Å². The number of aryl methyl sites for hydroxylation is 1. The highest BCUT2D eigenvalue weighted by Crippen LogP contribution is 2.30. The van der Waals surface area contributed by atoms with Gasteiger partial charge < -0.3 is 9.30 Å². The molecule has 188 valence electrons. The second kappa shape index (κ2) is 10.00. The molecular weight excluding hydrogens is 506 g/mol. The molecule has 0 spiro atoms. The van der Waals surface area contributed by atoms with Crippen molar-refractivity contribution < 1.29 is 9.53 Å². The highest BCUT2D eigenvalue weighted by molar-refractivity contribution is 7.07. The van der Waals surface area contributed by atoms with Crippen molar-refractivity contribution in [3.8, 4) is 5.69 Å². The standard InChI is InChI=1S/C29H26ClN3O3S/c1-5-36-28(35)25-18(3)31-29-33(26(25)20-9-7-6-8-10-20)27(34)24(37-29)16-21-15-17(2)32(19(21)4)23-13-11-22(30)12-14-23/h6-16,26H,5H2,1-4H3/b24-16+/t26-/m1/s1. The van der Waals surface area contributed by atoms with Crippen LogP contribution in [0.2, 0.25) is 5.02 Å². The van der Waals surface area contributed by atoms with Gasteiger partial charge in [0, 0.05) is 22.1 Å². The average Bonchev–Trinajstić information content (AvgIpc) is 3.33. The first-order chi connectivity index (χ1) is 17.8. The molecule has 2 aromatic heterocycles. The summed E-state index contributed by atoms with van der Waals surface area (Å²) in [6.45, 7) is 7.86. The fourth-order valence-electron chi connectivity index (χ4n) is 4.80. The van der Waals surface area contributed by atoms with Crippen molar-refractivity contribution in [1.29, 1.82) is 0 Å². The lowest BCUT2D eigenvalue weighted by molar-refractivity contribution is -0.139. The summed E-state index contributed by atoms with van der Waals surface area (Å²) < 4.78 is 9.65. The third kappa shape index (κ3) is 4.49. The molecule has 4 aromatic rings.